The fraction of sp³-hybridized carbons (Fsp3) is 0.812. The molecule has 0 aromatic rings. The Hall–Kier alpha value is -1.57. The number of fused-ring (bicyclic) bond motifs is 5. The maximum atomic E-state index is 12.3. The van der Waals surface area contributed by atoms with E-state index in [4.69, 9.17) is 9.47 Å². The van der Waals surface area contributed by atoms with Crippen molar-refractivity contribution >= 4 is 11.9 Å². The van der Waals surface area contributed by atoms with Crippen molar-refractivity contribution in [3.63, 3.8) is 0 Å². The van der Waals surface area contributed by atoms with Crippen LogP contribution in [0.1, 0.15) is 46.5 Å². The second-order valence-electron chi connectivity index (χ2n) is 7.26. The molecular formula is C16H21NO4. The average Bonchev–Trinajstić information content (AvgIpc) is 3.07. The maximum Gasteiger partial charge on any atom is 0.311 e. The molecular weight excluding hydrogens is 270 g/mol. The minimum Gasteiger partial charge on any atom is -0.462 e. The number of rotatable bonds is 3. The van der Waals surface area contributed by atoms with E-state index in [2.05, 4.69) is 6.07 Å². The van der Waals surface area contributed by atoms with E-state index in [-0.39, 0.29) is 42.4 Å². The SMILES string of the molecule is CCC(C)(C)C(=O)OC1CC2CC1C1(C#N)CC(=O)OC21. The van der Waals surface area contributed by atoms with Gasteiger partial charge in [-0.2, -0.15) is 5.26 Å². The van der Waals surface area contributed by atoms with Crippen molar-refractivity contribution in [1.29, 1.82) is 5.26 Å². The molecule has 0 radical (unpaired) electrons. The summed E-state index contributed by atoms with van der Waals surface area (Å²) in [6.07, 6.45) is 1.82. The van der Waals surface area contributed by atoms with Crippen molar-refractivity contribution in [3.8, 4) is 6.07 Å². The molecule has 3 aliphatic rings. The topological polar surface area (TPSA) is 76.4 Å². The summed E-state index contributed by atoms with van der Waals surface area (Å²) in [6.45, 7) is 5.69. The molecule has 21 heavy (non-hydrogen) atoms. The van der Waals surface area contributed by atoms with Gasteiger partial charge in [0.25, 0.3) is 0 Å². The number of hydrogen-bond donors (Lipinski definition) is 0. The summed E-state index contributed by atoms with van der Waals surface area (Å²) in [5.74, 6) is -0.418. The lowest BCUT2D eigenvalue weighted by atomic mass is 9.70. The summed E-state index contributed by atoms with van der Waals surface area (Å²) >= 11 is 0. The van der Waals surface area contributed by atoms with E-state index in [0.29, 0.717) is 12.8 Å². The van der Waals surface area contributed by atoms with E-state index in [1.54, 1.807) is 0 Å². The van der Waals surface area contributed by atoms with Crippen LogP contribution in [0.2, 0.25) is 0 Å². The Bertz CT molecular complexity index is 535. The molecule has 0 amide bonds. The van der Waals surface area contributed by atoms with Crippen molar-refractivity contribution in [2.45, 2.75) is 58.7 Å². The van der Waals surface area contributed by atoms with E-state index in [0.717, 1.165) is 6.42 Å². The molecule has 5 nitrogen and oxygen atoms in total. The van der Waals surface area contributed by atoms with Gasteiger partial charge >= 0.3 is 11.9 Å². The summed E-state index contributed by atoms with van der Waals surface area (Å²) in [5.41, 5.74) is -1.29. The molecule has 5 heteroatoms. The first-order chi connectivity index (χ1) is 9.84. The van der Waals surface area contributed by atoms with Gasteiger partial charge in [0.15, 0.2) is 0 Å². The van der Waals surface area contributed by atoms with Crippen LogP contribution in [-0.2, 0) is 19.1 Å². The zero-order valence-corrected chi connectivity index (χ0v) is 12.7. The minimum absolute atomic E-state index is 0.0689. The monoisotopic (exact) mass is 291 g/mol. The van der Waals surface area contributed by atoms with Gasteiger partial charge in [0.05, 0.1) is 17.9 Å². The second kappa shape index (κ2) is 4.46. The molecule has 1 heterocycles. The van der Waals surface area contributed by atoms with Gasteiger partial charge in [-0.15, -0.1) is 0 Å². The number of ether oxygens (including phenoxy) is 2. The smallest absolute Gasteiger partial charge is 0.311 e. The summed E-state index contributed by atoms with van der Waals surface area (Å²) in [4.78, 5) is 23.9. The third kappa shape index (κ3) is 1.88. The van der Waals surface area contributed by atoms with E-state index in [9.17, 15) is 14.9 Å². The van der Waals surface area contributed by atoms with Gasteiger partial charge in [0.1, 0.15) is 17.6 Å². The number of carbonyl (C=O) groups is 2. The highest BCUT2D eigenvalue weighted by Gasteiger charge is 2.69. The zero-order chi connectivity index (χ0) is 15.4. The van der Waals surface area contributed by atoms with Gasteiger partial charge < -0.3 is 9.47 Å². The predicted octanol–water partition coefficient (Wildman–Crippen LogP) is 2.20. The first kappa shape index (κ1) is 14.4. The van der Waals surface area contributed by atoms with Crippen LogP contribution in [0.3, 0.4) is 0 Å². The normalized spacial score (nSPS) is 40.6. The van der Waals surface area contributed by atoms with Crippen LogP contribution in [0, 0.1) is 34.0 Å². The molecule has 2 aliphatic carbocycles. The lowest BCUT2D eigenvalue weighted by Crippen LogP contribution is -2.44. The standard InChI is InChI=1S/C16H21NO4/c1-4-15(2,3)14(19)20-11-6-9-5-10(11)16(8-17)7-12(18)21-13(9)16/h9-11,13H,4-7H2,1-3H3. The minimum atomic E-state index is -0.776. The van der Waals surface area contributed by atoms with Crippen molar-refractivity contribution in [3.05, 3.63) is 0 Å². The Morgan fingerprint density at radius 1 is 1.52 bits per heavy atom. The van der Waals surface area contributed by atoms with Crippen molar-refractivity contribution in [2.75, 3.05) is 0 Å². The first-order valence-corrected chi connectivity index (χ1v) is 7.66. The summed E-state index contributed by atoms with van der Waals surface area (Å²) in [5, 5.41) is 9.60. The summed E-state index contributed by atoms with van der Waals surface area (Å²) in [6, 6.07) is 2.32. The molecule has 2 saturated carbocycles. The van der Waals surface area contributed by atoms with Crippen molar-refractivity contribution in [2.24, 2.45) is 22.7 Å². The van der Waals surface area contributed by atoms with Crippen LogP contribution in [0.4, 0.5) is 0 Å². The molecule has 114 valence electrons. The molecule has 3 rings (SSSR count). The highest BCUT2D eigenvalue weighted by atomic mass is 16.6. The molecule has 1 saturated heterocycles. The fourth-order valence-corrected chi connectivity index (χ4v) is 4.07. The Labute approximate surface area is 124 Å². The van der Waals surface area contributed by atoms with Gasteiger partial charge in [0, 0.05) is 11.8 Å². The molecule has 5 atom stereocenters. The quantitative estimate of drug-likeness (QED) is 0.745. The van der Waals surface area contributed by atoms with Crippen molar-refractivity contribution < 1.29 is 19.1 Å². The molecule has 0 spiro atoms. The molecule has 2 bridgehead atoms. The van der Waals surface area contributed by atoms with E-state index in [1.807, 2.05) is 20.8 Å². The van der Waals surface area contributed by atoms with Crippen LogP contribution in [0.15, 0.2) is 0 Å². The fourth-order valence-electron chi connectivity index (χ4n) is 4.07. The third-order valence-corrected chi connectivity index (χ3v) is 5.74. The molecule has 0 N–H and O–H groups in total. The number of hydrogen-bond acceptors (Lipinski definition) is 5. The van der Waals surface area contributed by atoms with Gasteiger partial charge in [-0.05, 0) is 33.1 Å². The number of carbonyl (C=O) groups excluding carboxylic acids is 2. The first-order valence-electron chi connectivity index (χ1n) is 7.66. The molecule has 0 aromatic heterocycles. The largest absolute Gasteiger partial charge is 0.462 e. The highest BCUT2D eigenvalue weighted by molar-refractivity contribution is 5.77. The van der Waals surface area contributed by atoms with Gasteiger partial charge in [0.2, 0.25) is 0 Å². The second-order valence-corrected chi connectivity index (χ2v) is 7.26. The highest BCUT2D eigenvalue weighted by Crippen LogP contribution is 2.62. The van der Waals surface area contributed by atoms with E-state index < -0.39 is 10.8 Å². The molecule has 5 unspecified atom stereocenters. The lowest BCUT2D eigenvalue weighted by molar-refractivity contribution is -0.166. The Morgan fingerprint density at radius 2 is 2.24 bits per heavy atom. The van der Waals surface area contributed by atoms with Crippen LogP contribution >= 0.6 is 0 Å². The van der Waals surface area contributed by atoms with E-state index in [1.165, 1.54) is 0 Å². The van der Waals surface area contributed by atoms with Crippen LogP contribution < -0.4 is 0 Å². The molecule has 3 fully saturated rings. The average molecular weight is 291 g/mol. The Morgan fingerprint density at radius 3 is 2.86 bits per heavy atom. The maximum absolute atomic E-state index is 12.3. The van der Waals surface area contributed by atoms with Crippen LogP contribution in [-0.4, -0.2) is 24.1 Å². The van der Waals surface area contributed by atoms with Gasteiger partial charge in [-0.25, -0.2) is 0 Å². The number of nitrogens with zero attached hydrogens (tertiary/aromatic N) is 1. The Kier molecular flexibility index (Phi) is 3.05. The molecule has 1 aliphatic heterocycles. The number of nitriles is 1. The zero-order valence-electron chi connectivity index (χ0n) is 12.7. The van der Waals surface area contributed by atoms with Gasteiger partial charge in [-0.3, -0.25) is 9.59 Å². The summed E-state index contributed by atoms with van der Waals surface area (Å²) in [7, 11) is 0. The molecule has 0 aromatic carbocycles. The van der Waals surface area contributed by atoms with Crippen LogP contribution in [0.5, 0.6) is 0 Å². The number of esters is 2. The van der Waals surface area contributed by atoms with Crippen molar-refractivity contribution in [1.82, 2.24) is 0 Å². The lowest BCUT2D eigenvalue weighted by Gasteiger charge is -2.36. The van der Waals surface area contributed by atoms with Crippen LogP contribution in [0.25, 0.3) is 0 Å². The Balaban J connectivity index is 1.79. The third-order valence-electron chi connectivity index (χ3n) is 5.74. The predicted molar refractivity (Wildman–Crippen MR) is 72.7 cm³/mol. The van der Waals surface area contributed by atoms with E-state index >= 15 is 0 Å². The summed E-state index contributed by atoms with van der Waals surface area (Å²) < 4.78 is 11.1. The van der Waals surface area contributed by atoms with Gasteiger partial charge in [-0.1, -0.05) is 6.92 Å².